The highest BCUT2D eigenvalue weighted by molar-refractivity contribution is 7.20. The number of carbonyl (C=O) groups is 2. The van der Waals surface area contributed by atoms with Crippen LogP contribution in [0.25, 0.3) is 10.1 Å². The lowest BCUT2D eigenvalue weighted by Crippen LogP contribution is -2.30. The van der Waals surface area contributed by atoms with Gasteiger partial charge in [0, 0.05) is 10.4 Å². The molecule has 0 unspecified atom stereocenters. The number of thiophene rings is 1. The number of hydrogen-bond donors (Lipinski definition) is 3. The van der Waals surface area contributed by atoms with Crippen LogP contribution in [0.2, 0.25) is 0 Å². The second kappa shape index (κ2) is 5.70. The molecular formula is C16H17NO4S. The lowest BCUT2D eigenvalue weighted by molar-refractivity contribution is -0.120. The Bertz CT molecular complexity index is 731. The lowest BCUT2D eigenvalue weighted by Gasteiger charge is -2.21. The number of nitrogens with one attached hydrogen (secondary N) is 1. The van der Waals surface area contributed by atoms with Crippen LogP contribution < -0.4 is 5.32 Å². The molecule has 0 saturated heterocycles. The fourth-order valence-corrected chi connectivity index (χ4v) is 3.82. The minimum absolute atomic E-state index is 0.106. The summed E-state index contributed by atoms with van der Waals surface area (Å²) >= 11 is 1.21. The van der Waals surface area contributed by atoms with Crippen molar-refractivity contribution in [3.63, 3.8) is 0 Å². The number of carboxylic acid groups (broad SMARTS) is 1. The topological polar surface area (TPSA) is 86.6 Å². The summed E-state index contributed by atoms with van der Waals surface area (Å²) in [6, 6.07) is 6.91. The molecule has 1 aliphatic carbocycles. The van der Waals surface area contributed by atoms with Gasteiger partial charge in [-0.05, 0) is 42.5 Å². The number of fused-ring (bicyclic) bond motifs is 1. The van der Waals surface area contributed by atoms with Crippen LogP contribution in [0.15, 0.2) is 24.3 Å². The first-order valence-corrected chi connectivity index (χ1v) is 8.06. The van der Waals surface area contributed by atoms with E-state index in [0.29, 0.717) is 18.5 Å². The molecule has 1 aliphatic rings. The highest BCUT2D eigenvalue weighted by atomic mass is 32.1. The van der Waals surface area contributed by atoms with Crippen LogP contribution in [0, 0.1) is 0 Å². The van der Waals surface area contributed by atoms with Gasteiger partial charge >= 0.3 is 5.97 Å². The molecule has 22 heavy (non-hydrogen) atoms. The van der Waals surface area contributed by atoms with Crippen LogP contribution in [-0.4, -0.2) is 27.7 Å². The molecule has 1 fully saturated rings. The number of carbonyl (C=O) groups excluding carboxylic acids is 1. The van der Waals surface area contributed by atoms with Crippen molar-refractivity contribution < 1.29 is 19.8 Å². The van der Waals surface area contributed by atoms with E-state index < -0.39 is 11.6 Å². The summed E-state index contributed by atoms with van der Waals surface area (Å²) in [4.78, 5) is 23.3. The van der Waals surface area contributed by atoms with Crippen molar-refractivity contribution in [2.24, 2.45) is 0 Å². The molecule has 0 bridgehead atoms. The van der Waals surface area contributed by atoms with E-state index in [4.69, 9.17) is 5.11 Å². The van der Waals surface area contributed by atoms with Gasteiger partial charge in [0.15, 0.2) is 0 Å². The van der Waals surface area contributed by atoms with Gasteiger partial charge in [-0.2, -0.15) is 0 Å². The number of amides is 1. The van der Waals surface area contributed by atoms with Gasteiger partial charge in [-0.3, -0.25) is 4.79 Å². The Labute approximate surface area is 131 Å². The quantitative estimate of drug-likeness (QED) is 0.807. The highest BCUT2D eigenvalue weighted by Gasteiger charge is 2.33. The van der Waals surface area contributed by atoms with Gasteiger partial charge in [0.25, 0.3) is 0 Å². The first-order valence-electron chi connectivity index (χ1n) is 7.24. The smallest absolute Gasteiger partial charge is 0.345 e. The van der Waals surface area contributed by atoms with Crippen molar-refractivity contribution >= 4 is 39.0 Å². The average molecular weight is 319 g/mol. The molecule has 0 aliphatic heterocycles. The predicted octanol–water partition coefficient (Wildman–Crippen LogP) is 3.23. The standard InChI is InChI=1S/C16H17NO4S/c18-14(9-16(21)5-1-2-6-16)17-11-3-4-12-10(7-11)8-13(22-12)15(19)20/h3-4,7-8,21H,1-2,5-6,9H2,(H,17,18)(H,19,20). The molecule has 1 heterocycles. The van der Waals surface area contributed by atoms with Gasteiger partial charge < -0.3 is 15.5 Å². The van der Waals surface area contributed by atoms with Crippen LogP contribution in [0.5, 0.6) is 0 Å². The number of rotatable bonds is 4. The van der Waals surface area contributed by atoms with Gasteiger partial charge in [0.2, 0.25) is 5.91 Å². The van der Waals surface area contributed by atoms with Gasteiger partial charge in [0.05, 0.1) is 12.0 Å². The summed E-state index contributed by atoms with van der Waals surface area (Å²) in [6.07, 6.45) is 3.37. The average Bonchev–Trinajstić information content (AvgIpc) is 3.04. The number of aliphatic hydroxyl groups is 1. The zero-order valence-electron chi connectivity index (χ0n) is 12.0. The Morgan fingerprint density at radius 1 is 1.23 bits per heavy atom. The van der Waals surface area contributed by atoms with Gasteiger partial charge in [-0.15, -0.1) is 11.3 Å². The van der Waals surface area contributed by atoms with Crippen LogP contribution in [0.4, 0.5) is 5.69 Å². The Hall–Kier alpha value is -1.92. The molecule has 3 rings (SSSR count). The summed E-state index contributed by atoms with van der Waals surface area (Å²) < 4.78 is 0.866. The molecule has 0 radical (unpaired) electrons. The van der Waals surface area contributed by atoms with Crippen molar-refractivity contribution in [1.29, 1.82) is 0 Å². The molecule has 5 nitrogen and oxygen atoms in total. The van der Waals surface area contributed by atoms with Crippen molar-refractivity contribution in [2.75, 3.05) is 5.32 Å². The number of benzene rings is 1. The molecule has 6 heteroatoms. The van der Waals surface area contributed by atoms with E-state index in [9.17, 15) is 14.7 Å². The van der Waals surface area contributed by atoms with Gasteiger partial charge in [-0.1, -0.05) is 12.8 Å². The molecule has 0 atom stereocenters. The van der Waals surface area contributed by atoms with E-state index in [0.717, 1.165) is 22.9 Å². The van der Waals surface area contributed by atoms with Crippen LogP contribution in [0.3, 0.4) is 0 Å². The third-order valence-corrected chi connectivity index (χ3v) is 5.14. The molecule has 2 aromatic rings. The van der Waals surface area contributed by atoms with Crippen molar-refractivity contribution in [3.05, 3.63) is 29.1 Å². The monoisotopic (exact) mass is 319 g/mol. The maximum absolute atomic E-state index is 12.1. The number of hydrogen-bond acceptors (Lipinski definition) is 4. The van der Waals surface area contributed by atoms with E-state index in [2.05, 4.69) is 5.32 Å². The second-order valence-corrected chi connectivity index (χ2v) is 6.91. The van der Waals surface area contributed by atoms with Gasteiger partial charge in [-0.25, -0.2) is 4.79 Å². The molecule has 116 valence electrons. The molecule has 0 spiro atoms. The maximum Gasteiger partial charge on any atom is 0.345 e. The number of anilines is 1. The lowest BCUT2D eigenvalue weighted by atomic mass is 9.97. The summed E-state index contributed by atoms with van der Waals surface area (Å²) in [5, 5.41) is 22.8. The molecule has 1 saturated carbocycles. The first kappa shape index (κ1) is 15.0. The zero-order valence-corrected chi connectivity index (χ0v) is 12.8. The predicted molar refractivity (Wildman–Crippen MR) is 85.4 cm³/mol. The molecular weight excluding hydrogens is 302 g/mol. The Morgan fingerprint density at radius 2 is 1.95 bits per heavy atom. The SMILES string of the molecule is O=C(CC1(O)CCCC1)Nc1ccc2sc(C(=O)O)cc2c1. The van der Waals surface area contributed by atoms with E-state index in [1.54, 1.807) is 24.3 Å². The van der Waals surface area contributed by atoms with Crippen molar-refractivity contribution in [1.82, 2.24) is 0 Å². The Kier molecular flexibility index (Phi) is 3.88. The third-order valence-electron chi connectivity index (χ3n) is 4.03. The van der Waals surface area contributed by atoms with Crippen LogP contribution in [0.1, 0.15) is 41.8 Å². The van der Waals surface area contributed by atoms with Crippen molar-refractivity contribution in [3.8, 4) is 0 Å². The fraction of sp³-hybridized carbons (Fsp3) is 0.375. The summed E-state index contributed by atoms with van der Waals surface area (Å²) in [5.74, 6) is -1.16. The Morgan fingerprint density at radius 3 is 2.64 bits per heavy atom. The van der Waals surface area contributed by atoms with E-state index in [-0.39, 0.29) is 17.2 Å². The molecule has 1 amide bonds. The van der Waals surface area contributed by atoms with E-state index in [1.165, 1.54) is 11.3 Å². The minimum atomic E-state index is -0.949. The van der Waals surface area contributed by atoms with E-state index >= 15 is 0 Å². The fourth-order valence-electron chi connectivity index (χ4n) is 2.94. The normalized spacial score (nSPS) is 16.8. The number of aromatic carboxylic acids is 1. The van der Waals surface area contributed by atoms with Crippen LogP contribution >= 0.6 is 11.3 Å². The van der Waals surface area contributed by atoms with Crippen LogP contribution in [-0.2, 0) is 4.79 Å². The molecule has 3 N–H and O–H groups in total. The summed E-state index contributed by atoms with van der Waals surface area (Å²) in [5.41, 5.74) is -0.249. The third kappa shape index (κ3) is 3.13. The highest BCUT2D eigenvalue weighted by Crippen LogP contribution is 2.33. The Balaban J connectivity index is 1.73. The summed E-state index contributed by atoms with van der Waals surface area (Å²) in [7, 11) is 0. The second-order valence-electron chi connectivity index (χ2n) is 5.82. The van der Waals surface area contributed by atoms with E-state index in [1.807, 2.05) is 0 Å². The molecule has 1 aromatic carbocycles. The maximum atomic E-state index is 12.1. The van der Waals surface area contributed by atoms with Gasteiger partial charge in [0.1, 0.15) is 4.88 Å². The summed E-state index contributed by atoms with van der Waals surface area (Å²) in [6.45, 7) is 0. The zero-order chi connectivity index (χ0) is 15.7. The van der Waals surface area contributed by atoms with Crippen molar-refractivity contribution in [2.45, 2.75) is 37.7 Å². The first-order chi connectivity index (χ1) is 10.5. The largest absolute Gasteiger partial charge is 0.477 e. The number of carboxylic acids is 1. The minimum Gasteiger partial charge on any atom is -0.477 e. The molecule has 1 aromatic heterocycles.